The fraction of sp³-hybridized carbons (Fsp3) is 0.577. The molecule has 0 radical (unpaired) electrons. The zero-order valence-corrected chi connectivity index (χ0v) is 21.4. The molecule has 0 saturated carbocycles. The maximum atomic E-state index is 12.1. The Balaban J connectivity index is -0.000000507. The van der Waals surface area contributed by atoms with Crippen LogP contribution in [0.15, 0.2) is 30.3 Å². The standard InChI is InChI=1S/C13H17N3O2.C7H14O.2C2H6.C2H2/c1-14-12(17)11-8-5-9-16(11)13(18)15-10-6-3-2-4-7-10;1-6(2)4-5-7(3)8;3*1-2/h2-4,6-7,11H,5,8-9H2,1H3,(H,14,17)(H,15,18);6H,4-5H2,1-3H3;2*1-2H3;1-2H/t11-;;;;/m0..../s1. The summed E-state index contributed by atoms with van der Waals surface area (Å²) < 4.78 is 0. The van der Waals surface area contributed by atoms with Crippen molar-refractivity contribution >= 4 is 23.4 Å². The van der Waals surface area contributed by atoms with Crippen LogP contribution < -0.4 is 10.6 Å². The summed E-state index contributed by atoms with van der Waals surface area (Å²) in [5.41, 5.74) is 0.741. The van der Waals surface area contributed by atoms with Gasteiger partial charge in [-0.15, -0.1) is 12.8 Å². The minimum atomic E-state index is -0.348. The zero-order chi connectivity index (χ0) is 25.5. The third-order valence-electron chi connectivity index (χ3n) is 4.16. The quantitative estimate of drug-likeness (QED) is 0.565. The van der Waals surface area contributed by atoms with Gasteiger partial charge in [-0.3, -0.25) is 4.79 Å². The lowest BCUT2D eigenvalue weighted by Gasteiger charge is -2.23. The van der Waals surface area contributed by atoms with Gasteiger partial charge in [0.05, 0.1) is 0 Å². The second kappa shape index (κ2) is 22.9. The number of terminal acetylenes is 1. The molecule has 0 spiro atoms. The van der Waals surface area contributed by atoms with Crippen LogP contribution in [0.1, 0.15) is 74.1 Å². The van der Waals surface area contributed by atoms with Gasteiger partial charge in [0.1, 0.15) is 11.8 Å². The molecule has 0 aliphatic carbocycles. The van der Waals surface area contributed by atoms with Crippen molar-refractivity contribution in [3.05, 3.63) is 30.3 Å². The van der Waals surface area contributed by atoms with Gasteiger partial charge in [-0.1, -0.05) is 59.7 Å². The first-order valence-electron chi connectivity index (χ1n) is 11.5. The summed E-state index contributed by atoms with van der Waals surface area (Å²) in [5.74, 6) is 0.869. The second-order valence-electron chi connectivity index (χ2n) is 6.90. The van der Waals surface area contributed by atoms with E-state index in [1.807, 2.05) is 58.0 Å². The van der Waals surface area contributed by atoms with Crippen molar-refractivity contribution in [2.75, 3.05) is 18.9 Å². The molecule has 182 valence electrons. The Kier molecular flexibility index (Phi) is 24.2. The van der Waals surface area contributed by atoms with Crippen LogP contribution in [-0.4, -0.2) is 42.3 Å². The van der Waals surface area contributed by atoms with E-state index in [0.29, 0.717) is 18.2 Å². The molecule has 1 fully saturated rings. The number of nitrogens with one attached hydrogen (secondary N) is 2. The molecule has 2 N–H and O–H groups in total. The lowest BCUT2D eigenvalue weighted by atomic mass is 10.1. The number of para-hydroxylation sites is 1. The first kappa shape index (κ1) is 33.8. The van der Waals surface area contributed by atoms with Crippen molar-refractivity contribution < 1.29 is 14.4 Å². The molecule has 0 unspecified atom stereocenters. The lowest BCUT2D eigenvalue weighted by molar-refractivity contribution is -0.124. The Bertz CT molecular complexity index is 628. The van der Waals surface area contributed by atoms with E-state index in [2.05, 4.69) is 37.3 Å². The Morgan fingerprint density at radius 2 is 1.59 bits per heavy atom. The van der Waals surface area contributed by atoms with Gasteiger partial charge in [-0.2, -0.15) is 0 Å². The molecule has 1 saturated heterocycles. The molecule has 1 heterocycles. The summed E-state index contributed by atoms with van der Waals surface area (Å²) in [5, 5.41) is 5.39. The number of likely N-dealkylation sites (tertiary alicyclic amines) is 1. The molecule has 32 heavy (non-hydrogen) atoms. The summed E-state index contributed by atoms with van der Waals surface area (Å²) in [4.78, 5) is 35.7. The van der Waals surface area contributed by atoms with Crippen LogP contribution in [0.4, 0.5) is 10.5 Å². The summed E-state index contributed by atoms with van der Waals surface area (Å²) in [6.07, 6.45) is 11.4. The maximum Gasteiger partial charge on any atom is 0.322 e. The van der Waals surface area contributed by atoms with E-state index in [1.165, 1.54) is 0 Å². The number of carbonyl (C=O) groups is 3. The summed E-state index contributed by atoms with van der Waals surface area (Å²) in [6, 6.07) is 8.68. The van der Waals surface area contributed by atoms with Crippen molar-refractivity contribution in [1.29, 1.82) is 0 Å². The average molecular weight is 448 g/mol. The van der Waals surface area contributed by atoms with Crippen LogP contribution in [0.3, 0.4) is 0 Å². The Morgan fingerprint density at radius 1 is 1.06 bits per heavy atom. The van der Waals surface area contributed by atoms with E-state index in [4.69, 9.17) is 0 Å². The molecule has 1 aliphatic rings. The number of rotatable bonds is 5. The fourth-order valence-electron chi connectivity index (χ4n) is 2.66. The number of Topliss-reactive ketones (excluding diaryl/α,β-unsaturated/α-hetero) is 1. The summed E-state index contributed by atoms with van der Waals surface area (Å²) in [6.45, 7) is 14.5. The normalized spacial score (nSPS) is 13.3. The van der Waals surface area contributed by atoms with Crippen LogP contribution in [-0.2, 0) is 9.59 Å². The molecule has 2 rings (SSSR count). The van der Waals surface area contributed by atoms with E-state index >= 15 is 0 Å². The van der Waals surface area contributed by atoms with Crippen molar-refractivity contribution in [3.63, 3.8) is 0 Å². The SMILES string of the molecule is C#C.CC.CC.CC(=O)CCC(C)C.CNC(=O)[C@@H]1CCCN1C(=O)Nc1ccccc1. The van der Waals surface area contributed by atoms with Gasteiger partial charge in [0.25, 0.3) is 0 Å². The van der Waals surface area contributed by atoms with Crippen molar-refractivity contribution in [2.45, 2.75) is 80.2 Å². The lowest BCUT2D eigenvalue weighted by Crippen LogP contribution is -2.46. The highest BCUT2D eigenvalue weighted by molar-refractivity contribution is 5.94. The van der Waals surface area contributed by atoms with E-state index < -0.39 is 0 Å². The molecule has 1 atom stereocenters. The number of carbonyl (C=O) groups excluding carboxylic acids is 3. The maximum absolute atomic E-state index is 12.1. The minimum Gasteiger partial charge on any atom is -0.357 e. The number of urea groups is 1. The van der Waals surface area contributed by atoms with Crippen molar-refractivity contribution in [1.82, 2.24) is 10.2 Å². The smallest absolute Gasteiger partial charge is 0.322 e. The fourth-order valence-corrected chi connectivity index (χ4v) is 2.66. The number of benzene rings is 1. The number of hydrogen-bond acceptors (Lipinski definition) is 3. The van der Waals surface area contributed by atoms with E-state index in [9.17, 15) is 14.4 Å². The van der Waals surface area contributed by atoms with Crippen molar-refractivity contribution in [3.8, 4) is 12.8 Å². The van der Waals surface area contributed by atoms with Crippen molar-refractivity contribution in [2.24, 2.45) is 5.92 Å². The monoisotopic (exact) mass is 447 g/mol. The number of anilines is 1. The number of likely N-dealkylation sites (N-methyl/N-ethyl adjacent to an activating group) is 1. The minimum absolute atomic E-state index is 0.101. The van der Waals surface area contributed by atoms with Gasteiger partial charge in [0.15, 0.2) is 0 Å². The predicted molar refractivity (Wildman–Crippen MR) is 137 cm³/mol. The highest BCUT2D eigenvalue weighted by atomic mass is 16.2. The van der Waals surface area contributed by atoms with Crippen LogP contribution >= 0.6 is 0 Å². The number of ketones is 1. The van der Waals surface area contributed by atoms with Crippen LogP contribution in [0.5, 0.6) is 0 Å². The Morgan fingerprint density at radius 3 is 2.00 bits per heavy atom. The van der Waals surface area contributed by atoms with Gasteiger partial charge in [0.2, 0.25) is 5.91 Å². The van der Waals surface area contributed by atoms with Crippen LogP contribution in [0.25, 0.3) is 0 Å². The number of amides is 3. The molecule has 1 aromatic rings. The van der Waals surface area contributed by atoms with E-state index in [0.717, 1.165) is 31.4 Å². The molecule has 6 nitrogen and oxygen atoms in total. The van der Waals surface area contributed by atoms with Crippen LogP contribution in [0.2, 0.25) is 0 Å². The summed E-state index contributed by atoms with van der Waals surface area (Å²) >= 11 is 0. The molecule has 6 heteroatoms. The largest absolute Gasteiger partial charge is 0.357 e. The predicted octanol–water partition coefficient (Wildman–Crippen LogP) is 5.74. The molecule has 3 amide bonds. The Hall–Kier alpha value is -2.81. The van der Waals surface area contributed by atoms with Gasteiger partial charge in [0, 0.05) is 25.7 Å². The van der Waals surface area contributed by atoms with Gasteiger partial charge in [-0.05, 0) is 44.2 Å². The molecule has 1 aliphatic heterocycles. The molecule has 0 bridgehead atoms. The van der Waals surface area contributed by atoms with Gasteiger partial charge >= 0.3 is 6.03 Å². The zero-order valence-electron chi connectivity index (χ0n) is 21.4. The number of hydrogen-bond donors (Lipinski definition) is 2. The first-order chi connectivity index (χ1) is 15.3. The molecule has 1 aromatic carbocycles. The highest BCUT2D eigenvalue weighted by Crippen LogP contribution is 2.19. The van der Waals surface area contributed by atoms with E-state index in [-0.39, 0.29) is 18.0 Å². The highest BCUT2D eigenvalue weighted by Gasteiger charge is 2.33. The third-order valence-corrected chi connectivity index (χ3v) is 4.16. The molecule has 0 aromatic heterocycles. The first-order valence-corrected chi connectivity index (χ1v) is 11.5. The van der Waals surface area contributed by atoms with Crippen LogP contribution in [0, 0.1) is 18.8 Å². The van der Waals surface area contributed by atoms with Gasteiger partial charge in [-0.25, -0.2) is 4.79 Å². The summed E-state index contributed by atoms with van der Waals surface area (Å²) in [7, 11) is 1.59. The van der Waals surface area contributed by atoms with Gasteiger partial charge < -0.3 is 20.3 Å². The third kappa shape index (κ3) is 16.0. The molecular weight excluding hydrogens is 402 g/mol. The Labute approximate surface area is 196 Å². The second-order valence-corrected chi connectivity index (χ2v) is 6.90. The topological polar surface area (TPSA) is 78.5 Å². The molecular formula is C26H45N3O3. The number of nitrogens with zero attached hydrogens (tertiary/aromatic N) is 1. The van der Waals surface area contributed by atoms with E-state index in [1.54, 1.807) is 18.9 Å². The average Bonchev–Trinajstić information content (AvgIpc) is 3.32.